The molecule has 0 atom stereocenters. The summed E-state index contributed by atoms with van der Waals surface area (Å²) in [5.74, 6) is 1.74. The zero-order chi connectivity index (χ0) is 81.0. The maximum absolute atomic E-state index is 13.4. The second-order valence-corrected chi connectivity index (χ2v) is 26.5. The summed E-state index contributed by atoms with van der Waals surface area (Å²) < 4.78 is 26.7. The van der Waals surface area contributed by atoms with E-state index >= 15 is 0 Å². The number of carbonyl (C=O) groups excluding carboxylic acids is 2. The van der Waals surface area contributed by atoms with Crippen LogP contribution in [-0.2, 0) is 22.6 Å². The van der Waals surface area contributed by atoms with E-state index in [0.29, 0.717) is 41.4 Å². The van der Waals surface area contributed by atoms with Crippen LogP contribution in [0.4, 0.5) is 45.1 Å². The van der Waals surface area contributed by atoms with E-state index in [1.165, 1.54) is 56.2 Å². The number of anilines is 5. The van der Waals surface area contributed by atoms with Crippen molar-refractivity contribution < 1.29 is 147 Å². The number of imidazole rings is 2. The predicted molar refractivity (Wildman–Crippen MR) is 426 cm³/mol. The fourth-order valence-electron chi connectivity index (χ4n) is 12.0. The third-order valence-corrected chi connectivity index (χ3v) is 18.4. The van der Waals surface area contributed by atoms with Crippen LogP contribution in [0.2, 0.25) is 0 Å². The molecule has 0 bridgehead atoms. The average molecular weight is 1630 g/mol. The maximum Gasteiger partial charge on any atom is 1.00 e. The molecule has 35 nitrogen and oxygen atoms in total. The van der Waals surface area contributed by atoms with Crippen molar-refractivity contribution in [2.24, 2.45) is 5.73 Å². The minimum absolute atomic E-state index is 0. The molecule has 0 amide bonds. The van der Waals surface area contributed by atoms with E-state index in [4.69, 9.17) is 59.2 Å². The van der Waals surface area contributed by atoms with Gasteiger partial charge in [-0.1, -0.05) is 42.4 Å². The molecule has 4 saturated heterocycles. The smallest absolute Gasteiger partial charge is 1.00 e. The number of rotatable bonds is 14. The van der Waals surface area contributed by atoms with E-state index < -0.39 is 11.9 Å². The van der Waals surface area contributed by atoms with Crippen molar-refractivity contribution in [2.75, 3.05) is 159 Å². The van der Waals surface area contributed by atoms with Gasteiger partial charge in [0, 0.05) is 183 Å². The Morgan fingerprint density at radius 2 is 0.974 bits per heavy atom. The molecule has 0 unspecified atom stereocenters. The Morgan fingerprint density at radius 3 is 1.38 bits per heavy atom. The molecule has 594 valence electrons. The van der Waals surface area contributed by atoms with Gasteiger partial charge in [0.25, 0.3) is 18.1 Å². The normalized spacial score (nSPS) is 14.1. The maximum atomic E-state index is 13.4. The monoisotopic (exact) mass is 1630 g/mol. The van der Waals surface area contributed by atoms with E-state index in [2.05, 4.69) is 138 Å². The molecule has 4 aliphatic rings. The van der Waals surface area contributed by atoms with Crippen molar-refractivity contribution in [3.05, 3.63) is 210 Å². The summed E-state index contributed by atoms with van der Waals surface area (Å²) in [4.78, 5) is 110. The molecule has 12 aromatic rings. The number of carboxylic acids is 1. The molecule has 0 radical (unpaired) electrons. The average Bonchev–Trinajstić information content (AvgIpc) is 1.72. The number of hydrogen-bond donors (Lipinski definition) is 5. The van der Waals surface area contributed by atoms with Crippen LogP contribution in [-0.4, -0.2) is 244 Å². The van der Waals surface area contributed by atoms with Gasteiger partial charge in [0.2, 0.25) is 17.6 Å². The van der Waals surface area contributed by atoms with Crippen LogP contribution >= 0.6 is 0 Å². The summed E-state index contributed by atoms with van der Waals surface area (Å²) in [7, 11) is 8.56. The number of nitrogens with one attached hydrogen (secondary N) is 1. The summed E-state index contributed by atoms with van der Waals surface area (Å²) in [5, 5.41) is 21.0. The van der Waals surface area contributed by atoms with E-state index in [9.17, 15) is 19.1 Å². The van der Waals surface area contributed by atoms with E-state index in [1.54, 1.807) is 36.8 Å². The van der Waals surface area contributed by atoms with Crippen LogP contribution in [0.1, 0.15) is 51.6 Å². The second-order valence-electron chi connectivity index (χ2n) is 26.5. The second kappa shape index (κ2) is 46.1. The number of fused-ring (bicyclic) bond motifs is 2. The molecule has 116 heavy (non-hydrogen) atoms. The molecule has 8 N–H and O–H groups in total. The first kappa shape index (κ1) is 91.6. The number of aromatic carboxylic acids is 1. The first-order valence-electron chi connectivity index (χ1n) is 36.4. The van der Waals surface area contributed by atoms with Gasteiger partial charge in [0.15, 0.2) is 34.5 Å². The first-order chi connectivity index (χ1) is 55.2. The number of oxazole rings is 2. The van der Waals surface area contributed by atoms with E-state index in [0.717, 1.165) is 149 Å². The Labute approximate surface area is 756 Å². The Kier molecular flexibility index (Phi) is 36.4. The Morgan fingerprint density at radius 1 is 0.560 bits per heavy atom. The Balaban J connectivity index is 0.000000208. The van der Waals surface area contributed by atoms with Gasteiger partial charge < -0.3 is 101 Å². The number of nitrogens with two attached hydrogens (primary N) is 3. The number of piperazine rings is 4. The molecular weight excluding hydrogens is 1540 g/mol. The number of nitrogen functional groups attached to an aromatic ring is 2. The third kappa shape index (κ3) is 26.0. The summed E-state index contributed by atoms with van der Waals surface area (Å²) in [6.45, 7) is 34.6. The van der Waals surface area contributed by atoms with Gasteiger partial charge in [-0.25, -0.2) is 54.6 Å². The number of aromatic nitrogens is 14. The molecule has 4 aliphatic heterocycles. The van der Waals surface area contributed by atoms with Crippen LogP contribution in [0.15, 0.2) is 156 Å². The number of likely N-dealkylation sites (N-methyl/N-ethyl adjacent to an activating group) is 4. The van der Waals surface area contributed by atoms with Gasteiger partial charge in [-0.05, 0) is 109 Å². The number of hydrogen-bond acceptors (Lipinski definition) is 30. The van der Waals surface area contributed by atoms with E-state index in [-0.39, 0.29) is 169 Å². The topological polar surface area (TPSA) is 415 Å². The largest absolute Gasteiger partial charge is 1.00 e. The standard InChI is InChI=1S/C28H29N9O2.C16H12N6O3.C11H14N4.C11H18N4.C6H3FN2.C5H12N2.CH2O3.2K.H/c1-18-16-31-22-9-6-19(17-37(18)22)24-26(28-30-10-15-39-28)34-27(29)25(33-24)21(38)8-7-20-4-3-5-23(32-20)36-13-11-35(2)12-14-36;1-8-6-19-10-3-2-9(7-22(8)10)11-12(15-18-4-5-25-15)21-14(17)13(20-11)16(23)24;1-12-10-4-3-5-11(13-10)15-8-6-14(2)7-9-15;1-14-5-7-15(8-6-14)11-4-2-3-10(9-12)13-11;1-8-6-4-2-3-5(7)9-6;1-7-4-2-6-3-5-7;2-1-4-3;;;/h3-6,9-10,15-17H,7-8,11-14H2,1-2H3,(H2,29,34);2-7H,1H3,(H2,17,21)(H,23,24);3-5H,6-9H2,2H3;2-4H,5-9,12H2,1H3;2-4H;6H,2-5H2,1H3;1,3H;;;/q;;;;;;;2*+1;-1/p-1. The summed E-state index contributed by atoms with van der Waals surface area (Å²) in [5.41, 5.74) is 25.4. The minimum Gasteiger partial charge on any atom is -1.00 e. The molecule has 16 heterocycles. The number of nitrogens with zero attached hydrogens (tertiary/aromatic N) is 23. The molecule has 4 fully saturated rings. The van der Waals surface area contributed by atoms with Crippen LogP contribution < -0.4 is 145 Å². The Hall–Kier alpha value is -9.93. The number of ketones is 1. The van der Waals surface area contributed by atoms with Crippen molar-refractivity contribution >= 4 is 70.2 Å². The summed E-state index contributed by atoms with van der Waals surface area (Å²) >= 11 is 0. The number of carboxylic acid groups (broad SMARTS) is 1. The van der Waals surface area contributed by atoms with Gasteiger partial charge in [0.05, 0.1) is 18.1 Å². The molecule has 16 rings (SSSR count). The quantitative estimate of drug-likeness (QED) is 0.0192. The predicted octanol–water partition coefficient (Wildman–Crippen LogP) is 0.859. The molecule has 38 heteroatoms. The number of halogens is 1. The van der Waals surface area contributed by atoms with Crippen LogP contribution in [0.25, 0.3) is 66.7 Å². The number of pyridine rings is 6. The van der Waals surface area contributed by atoms with Crippen LogP contribution in [0.5, 0.6) is 0 Å². The Bertz CT molecular complexity index is 5240. The molecule has 0 aliphatic carbocycles. The number of aryl methyl sites for hydroxylation is 3. The van der Waals surface area contributed by atoms with Gasteiger partial charge in [-0.2, -0.15) is 4.39 Å². The van der Waals surface area contributed by atoms with Gasteiger partial charge in [0.1, 0.15) is 52.5 Å². The van der Waals surface area contributed by atoms with Crippen molar-refractivity contribution in [3.8, 4) is 45.7 Å². The molecule has 0 saturated carbocycles. The molecular formula is C78H90FK2N27O8. The van der Waals surface area contributed by atoms with Crippen molar-refractivity contribution in [1.82, 2.24) is 93.5 Å². The summed E-state index contributed by atoms with van der Waals surface area (Å²) in [6.07, 6.45) is 13.8. The van der Waals surface area contributed by atoms with Gasteiger partial charge >= 0.3 is 115 Å². The van der Waals surface area contributed by atoms with Gasteiger partial charge in [-0.15, -0.1) is 4.98 Å². The van der Waals surface area contributed by atoms with Crippen LogP contribution in [0, 0.1) is 32.9 Å². The number of Topliss-reactive ketones (excluding diaryl/α,β-unsaturated/α-hetero) is 1. The molecule has 0 aromatic carbocycles. The van der Waals surface area contributed by atoms with Crippen LogP contribution in [0.3, 0.4) is 0 Å². The number of carbonyl (C=O) groups is 3. The first-order valence-corrected chi connectivity index (χ1v) is 36.4. The zero-order valence-electron chi connectivity index (χ0n) is 67.1. The third-order valence-electron chi connectivity index (χ3n) is 18.4. The fraction of sp³-hybridized carbons (Fsp3) is 0.321. The molecule has 12 aromatic heterocycles. The van der Waals surface area contributed by atoms with Gasteiger partial charge in [-0.3, -0.25) is 9.59 Å². The summed E-state index contributed by atoms with van der Waals surface area (Å²) in [6, 6.07) is 29.1. The fourth-order valence-corrected chi connectivity index (χ4v) is 12.0. The van der Waals surface area contributed by atoms with Crippen molar-refractivity contribution in [1.29, 1.82) is 0 Å². The molecule has 0 spiro atoms. The zero-order valence-corrected chi connectivity index (χ0v) is 72.3. The SMILES string of the molecule is CN1CCN(c2cccc(CN)n2)CC1.CN1CCNCC1.Cc1cnc2ccc(-c3nc(C(=O)CCc4cccc(N5CCN(C)CC5)n4)c(N)nc3-c3ncco3)cn12.Cc1cnc2ccc(-c3nc(C(=O)O)c(N)nc3-c3ncco3)cn12.O=CO[O-].[C-]#[N+]c1cccc(F)n1.[C-]#[N+]c1cccc(N2CCN(C)CC2)n1.[H-].[K+].[K+]. The van der Waals surface area contributed by atoms with Crippen molar-refractivity contribution in [3.63, 3.8) is 0 Å². The van der Waals surface area contributed by atoms with E-state index in [1.807, 2.05) is 83.4 Å². The van der Waals surface area contributed by atoms with Crippen molar-refractivity contribution in [2.45, 2.75) is 33.2 Å². The minimum atomic E-state index is -1.26.